The van der Waals surface area contributed by atoms with E-state index < -0.39 is 0 Å². The molecule has 1 saturated heterocycles. The van der Waals surface area contributed by atoms with Crippen molar-refractivity contribution in [1.82, 2.24) is 35.3 Å². The van der Waals surface area contributed by atoms with Crippen LogP contribution in [0.25, 0.3) is 11.5 Å². The Kier molecular flexibility index (Phi) is 5.47. The molecule has 142 valence electrons. The summed E-state index contributed by atoms with van der Waals surface area (Å²) in [4.78, 5) is 2.20. The van der Waals surface area contributed by atoms with Crippen molar-refractivity contribution in [3.63, 3.8) is 0 Å². The summed E-state index contributed by atoms with van der Waals surface area (Å²) in [5.41, 5.74) is 0.911. The molecule has 1 fully saturated rings. The summed E-state index contributed by atoms with van der Waals surface area (Å²) in [5.74, 6) is 1.81. The number of hydrogen-bond donors (Lipinski definition) is 0. The molecule has 0 aliphatic carbocycles. The van der Waals surface area contributed by atoms with Crippen molar-refractivity contribution in [3.05, 3.63) is 42.0 Å². The summed E-state index contributed by atoms with van der Waals surface area (Å²) in [6.45, 7) is 3.69. The molecule has 0 bridgehead atoms. The first-order chi connectivity index (χ1) is 13.3. The zero-order chi connectivity index (χ0) is 18.5. The van der Waals surface area contributed by atoms with E-state index in [1.807, 2.05) is 30.3 Å². The zero-order valence-electron chi connectivity index (χ0n) is 15.1. The third-order valence-corrected chi connectivity index (χ3v) is 4.35. The molecule has 0 radical (unpaired) electrons. The standard InChI is InChI=1S/C17H21N7O3/c1-25-9-8-24-16(19-21-22-24)14-11-23(7-10-26-14)12-15-18-20-17(27-15)13-5-3-2-4-6-13/h2-6,14H,7-12H2,1H3/t14-/m0/s1. The smallest absolute Gasteiger partial charge is 0.247 e. The van der Waals surface area contributed by atoms with E-state index >= 15 is 0 Å². The van der Waals surface area contributed by atoms with Crippen LogP contribution < -0.4 is 0 Å². The molecule has 0 unspecified atom stereocenters. The Morgan fingerprint density at radius 1 is 1.19 bits per heavy atom. The predicted molar refractivity (Wildman–Crippen MR) is 93.4 cm³/mol. The molecule has 4 rings (SSSR count). The molecule has 10 heteroatoms. The lowest BCUT2D eigenvalue weighted by Crippen LogP contribution is -2.39. The lowest BCUT2D eigenvalue weighted by Gasteiger charge is -2.31. The predicted octanol–water partition coefficient (Wildman–Crippen LogP) is 0.943. The number of ether oxygens (including phenoxy) is 2. The van der Waals surface area contributed by atoms with Crippen LogP contribution in [0.1, 0.15) is 17.8 Å². The minimum Gasteiger partial charge on any atom is -0.419 e. The van der Waals surface area contributed by atoms with Gasteiger partial charge in [0.2, 0.25) is 11.8 Å². The second kappa shape index (κ2) is 8.33. The van der Waals surface area contributed by atoms with E-state index in [4.69, 9.17) is 13.9 Å². The summed E-state index contributed by atoms with van der Waals surface area (Å²) in [5, 5.41) is 20.2. The van der Waals surface area contributed by atoms with Gasteiger partial charge >= 0.3 is 0 Å². The maximum atomic E-state index is 5.87. The van der Waals surface area contributed by atoms with Crippen LogP contribution in [0.5, 0.6) is 0 Å². The van der Waals surface area contributed by atoms with Gasteiger partial charge in [-0.15, -0.1) is 15.3 Å². The average Bonchev–Trinajstić information content (AvgIpc) is 3.37. The number of nitrogens with zero attached hydrogens (tertiary/aromatic N) is 7. The van der Waals surface area contributed by atoms with Gasteiger partial charge < -0.3 is 13.9 Å². The average molecular weight is 371 g/mol. The minimum atomic E-state index is -0.206. The number of tetrazole rings is 1. The topological polar surface area (TPSA) is 104 Å². The largest absolute Gasteiger partial charge is 0.419 e. The maximum Gasteiger partial charge on any atom is 0.247 e. The summed E-state index contributed by atoms with van der Waals surface area (Å²) in [7, 11) is 1.65. The molecule has 2 aromatic heterocycles. The van der Waals surface area contributed by atoms with Crippen LogP contribution in [0.15, 0.2) is 34.7 Å². The van der Waals surface area contributed by atoms with Gasteiger partial charge in [0.25, 0.3) is 0 Å². The quantitative estimate of drug-likeness (QED) is 0.600. The fraction of sp³-hybridized carbons (Fsp3) is 0.471. The zero-order valence-corrected chi connectivity index (χ0v) is 15.1. The van der Waals surface area contributed by atoms with Gasteiger partial charge in [0.15, 0.2) is 5.82 Å². The van der Waals surface area contributed by atoms with Gasteiger partial charge in [0.1, 0.15) is 6.10 Å². The fourth-order valence-electron chi connectivity index (χ4n) is 2.99. The molecule has 0 saturated carbocycles. The van der Waals surface area contributed by atoms with Gasteiger partial charge in [0.05, 0.1) is 26.3 Å². The Morgan fingerprint density at radius 2 is 2.07 bits per heavy atom. The molecular formula is C17H21N7O3. The second-order valence-corrected chi connectivity index (χ2v) is 6.21. The first-order valence-corrected chi connectivity index (χ1v) is 8.80. The van der Waals surface area contributed by atoms with E-state index in [0.717, 1.165) is 12.1 Å². The van der Waals surface area contributed by atoms with Crippen LogP contribution in [0, 0.1) is 0 Å². The van der Waals surface area contributed by atoms with Crippen molar-refractivity contribution >= 4 is 0 Å². The van der Waals surface area contributed by atoms with Gasteiger partial charge in [-0.05, 0) is 22.6 Å². The van der Waals surface area contributed by atoms with Crippen molar-refractivity contribution in [2.75, 3.05) is 33.4 Å². The molecule has 1 aliphatic heterocycles. The van der Waals surface area contributed by atoms with Gasteiger partial charge in [-0.2, -0.15) is 0 Å². The number of aromatic nitrogens is 6. The third-order valence-electron chi connectivity index (χ3n) is 4.35. The Labute approximate surface area is 156 Å². The Balaban J connectivity index is 1.41. The lowest BCUT2D eigenvalue weighted by atomic mass is 10.2. The minimum absolute atomic E-state index is 0.206. The molecule has 0 N–H and O–H groups in total. The molecular weight excluding hydrogens is 350 g/mol. The summed E-state index contributed by atoms with van der Waals surface area (Å²) < 4.78 is 18.5. The molecule has 27 heavy (non-hydrogen) atoms. The first kappa shape index (κ1) is 17.7. The first-order valence-electron chi connectivity index (χ1n) is 8.80. The van der Waals surface area contributed by atoms with E-state index in [2.05, 4.69) is 30.6 Å². The van der Waals surface area contributed by atoms with Crippen LogP contribution in [0.3, 0.4) is 0 Å². The van der Waals surface area contributed by atoms with Gasteiger partial charge in [-0.25, -0.2) is 4.68 Å². The Bertz CT molecular complexity index is 851. The van der Waals surface area contributed by atoms with Crippen molar-refractivity contribution in [1.29, 1.82) is 0 Å². The van der Waals surface area contributed by atoms with Gasteiger partial charge in [-0.1, -0.05) is 18.2 Å². The highest BCUT2D eigenvalue weighted by molar-refractivity contribution is 5.51. The van der Waals surface area contributed by atoms with E-state index in [1.54, 1.807) is 11.8 Å². The third kappa shape index (κ3) is 4.18. The van der Waals surface area contributed by atoms with E-state index in [0.29, 0.717) is 50.5 Å². The van der Waals surface area contributed by atoms with E-state index in [9.17, 15) is 0 Å². The van der Waals surface area contributed by atoms with Crippen LogP contribution in [-0.2, 0) is 22.6 Å². The van der Waals surface area contributed by atoms with Crippen LogP contribution in [0.2, 0.25) is 0 Å². The summed E-state index contributed by atoms with van der Waals surface area (Å²) >= 11 is 0. The number of methoxy groups -OCH3 is 1. The number of hydrogen-bond acceptors (Lipinski definition) is 9. The molecule has 1 atom stereocenters. The second-order valence-electron chi connectivity index (χ2n) is 6.21. The molecule has 0 spiro atoms. The number of morpholine rings is 1. The molecule has 3 aromatic rings. The van der Waals surface area contributed by atoms with Crippen molar-refractivity contribution in [2.24, 2.45) is 0 Å². The Hall–Kier alpha value is -2.69. The van der Waals surface area contributed by atoms with Gasteiger partial charge in [0, 0.05) is 25.8 Å². The monoisotopic (exact) mass is 371 g/mol. The van der Waals surface area contributed by atoms with Crippen LogP contribution in [-0.4, -0.2) is 68.7 Å². The molecule has 3 heterocycles. The van der Waals surface area contributed by atoms with Crippen molar-refractivity contribution in [3.8, 4) is 11.5 Å². The lowest BCUT2D eigenvalue weighted by molar-refractivity contribution is -0.0417. The Morgan fingerprint density at radius 3 is 2.93 bits per heavy atom. The number of rotatable bonds is 7. The summed E-state index contributed by atoms with van der Waals surface area (Å²) in [6, 6.07) is 9.73. The fourth-order valence-corrected chi connectivity index (χ4v) is 2.99. The van der Waals surface area contributed by atoms with E-state index in [-0.39, 0.29) is 6.10 Å². The highest BCUT2D eigenvalue weighted by Gasteiger charge is 2.27. The van der Waals surface area contributed by atoms with Crippen molar-refractivity contribution < 1.29 is 13.9 Å². The van der Waals surface area contributed by atoms with Crippen LogP contribution in [0.4, 0.5) is 0 Å². The molecule has 1 aromatic carbocycles. The molecule has 1 aliphatic rings. The van der Waals surface area contributed by atoms with Crippen LogP contribution >= 0.6 is 0 Å². The number of benzene rings is 1. The highest BCUT2D eigenvalue weighted by atomic mass is 16.5. The SMILES string of the molecule is COCCn1nnnc1[C@@H]1CN(Cc2nnc(-c3ccccc3)o2)CCO1. The molecule has 10 nitrogen and oxygen atoms in total. The summed E-state index contributed by atoms with van der Waals surface area (Å²) in [6.07, 6.45) is -0.206. The normalized spacial score (nSPS) is 18.0. The highest BCUT2D eigenvalue weighted by Crippen LogP contribution is 2.22. The molecule has 0 amide bonds. The van der Waals surface area contributed by atoms with Crippen molar-refractivity contribution in [2.45, 2.75) is 19.2 Å². The maximum absolute atomic E-state index is 5.87. The van der Waals surface area contributed by atoms with E-state index in [1.165, 1.54) is 0 Å². The van der Waals surface area contributed by atoms with Gasteiger partial charge in [-0.3, -0.25) is 4.90 Å².